The Morgan fingerprint density at radius 3 is 2.37 bits per heavy atom. The number of hydrogen-bond acceptors (Lipinski definition) is 8. The Morgan fingerprint density at radius 2 is 1.81 bits per heavy atom. The van der Waals surface area contributed by atoms with Crippen LogP contribution in [0, 0.1) is 11.6 Å². The average Bonchev–Trinajstić information content (AvgIpc) is 2.92. The van der Waals surface area contributed by atoms with E-state index in [4.69, 9.17) is 9.90 Å². The van der Waals surface area contributed by atoms with Crippen molar-refractivity contribution < 1.29 is 45.4 Å². The predicted molar refractivity (Wildman–Crippen MR) is 147 cm³/mol. The van der Waals surface area contributed by atoms with Gasteiger partial charge in [-0.2, -0.15) is 13.2 Å². The fourth-order valence-electron chi connectivity index (χ4n) is 4.98. The average molecular weight is 632 g/mol. The molecule has 1 aliphatic rings. The first-order valence-electron chi connectivity index (χ1n) is 12.8. The minimum atomic E-state index is -4.66. The van der Waals surface area contributed by atoms with Crippen LogP contribution in [0.2, 0.25) is 0 Å². The first kappa shape index (κ1) is 33.6. The number of aliphatic hydroxyl groups is 1. The summed E-state index contributed by atoms with van der Waals surface area (Å²) in [6.45, 7) is 0.0504. The number of alkyl halides is 3. The Kier molecular flexibility index (Phi) is 10.6. The van der Waals surface area contributed by atoms with Gasteiger partial charge in [-0.15, -0.1) is 0 Å². The Balaban J connectivity index is 0.00000162. The number of sulfonamides is 1. The van der Waals surface area contributed by atoms with E-state index in [0.29, 0.717) is 5.56 Å². The molecule has 2 aromatic carbocycles. The van der Waals surface area contributed by atoms with Crippen molar-refractivity contribution in [3.05, 3.63) is 77.8 Å². The molecule has 0 spiro atoms. The number of hydrogen-bond donors (Lipinski definition) is 3. The van der Waals surface area contributed by atoms with Crippen molar-refractivity contribution in [3.63, 3.8) is 0 Å². The molecule has 16 heteroatoms. The molecule has 1 saturated heterocycles. The number of aryl methyl sites for hydroxylation is 1. The second-order valence-corrected chi connectivity index (χ2v) is 11.6. The number of nitrogens with zero attached hydrogens (tertiary/aromatic N) is 4. The zero-order valence-corrected chi connectivity index (χ0v) is 23.9. The van der Waals surface area contributed by atoms with Crippen molar-refractivity contribution >= 4 is 28.0 Å². The van der Waals surface area contributed by atoms with Crippen molar-refractivity contribution in [1.82, 2.24) is 14.9 Å². The third kappa shape index (κ3) is 7.94. The number of likely N-dealkylation sites (N-methyl/N-ethyl adjacent to an activating group) is 1. The molecular weight excluding hydrogens is 601 g/mol. The van der Waals surface area contributed by atoms with Gasteiger partial charge in [0.1, 0.15) is 23.8 Å². The topological polar surface area (TPSA) is 136 Å². The van der Waals surface area contributed by atoms with Crippen LogP contribution < -0.4 is 9.62 Å². The molecular formula is C27H30F5N5O5S. The van der Waals surface area contributed by atoms with Gasteiger partial charge >= 0.3 is 6.18 Å². The van der Waals surface area contributed by atoms with E-state index in [-0.39, 0.29) is 50.3 Å². The van der Waals surface area contributed by atoms with Gasteiger partial charge in [0.15, 0.2) is 4.90 Å². The second-order valence-electron chi connectivity index (χ2n) is 9.97. The van der Waals surface area contributed by atoms with E-state index in [9.17, 15) is 26.7 Å². The number of carbonyl (C=O) groups is 1. The molecule has 3 N–H and O–H groups in total. The molecule has 2 atom stereocenters. The molecule has 0 saturated carbocycles. The summed E-state index contributed by atoms with van der Waals surface area (Å²) in [5.74, 6) is -2.80. The van der Waals surface area contributed by atoms with Crippen LogP contribution in [0.4, 0.5) is 33.5 Å². The van der Waals surface area contributed by atoms with Gasteiger partial charge < -0.3 is 15.1 Å². The minimum absolute atomic E-state index is 0.0631. The molecule has 0 radical (unpaired) electrons. The van der Waals surface area contributed by atoms with Crippen molar-refractivity contribution in [2.45, 2.75) is 42.0 Å². The van der Waals surface area contributed by atoms with Crippen molar-refractivity contribution in [2.24, 2.45) is 0 Å². The highest BCUT2D eigenvalue weighted by atomic mass is 32.2. The lowest BCUT2D eigenvalue weighted by molar-refractivity contribution is -0.137. The van der Waals surface area contributed by atoms with Gasteiger partial charge in [0, 0.05) is 25.0 Å². The molecule has 3 aromatic rings. The number of rotatable bonds is 8. The van der Waals surface area contributed by atoms with E-state index in [1.54, 1.807) is 30.0 Å². The first-order valence-corrected chi connectivity index (χ1v) is 14.2. The van der Waals surface area contributed by atoms with E-state index in [0.717, 1.165) is 30.6 Å². The number of halogens is 5. The van der Waals surface area contributed by atoms with Crippen LogP contribution in [0.5, 0.6) is 0 Å². The molecule has 234 valence electrons. The Bertz CT molecular complexity index is 1490. The Labute approximate surface area is 244 Å². The van der Waals surface area contributed by atoms with Crippen LogP contribution in [0.25, 0.3) is 0 Å². The Hall–Kier alpha value is -3.89. The maximum atomic E-state index is 15.1. The van der Waals surface area contributed by atoms with E-state index >= 15 is 8.78 Å². The maximum Gasteiger partial charge on any atom is 0.416 e. The Morgan fingerprint density at radius 1 is 1.16 bits per heavy atom. The summed E-state index contributed by atoms with van der Waals surface area (Å²) >= 11 is 0. The zero-order valence-electron chi connectivity index (χ0n) is 23.1. The van der Waals surface area contributed by atoms with Gasteiger partial charge in [0.2, 0.25) is 0 Å². The monoisotopic (exact) mass is 631 g/mol. The number of benzene rings is 2. The highest BCUT2D eigenvalue weighted by molar-refractivity contribution is 7.92. The molecule has 0 bridgehead atoms. The number of aromatic nitrogens is 2. The molecule has 1 aliphatic heterocycles. The highest BCUT2D eigenvalue weighted by Crippen LogP contribution is 2.36. The van der Waals surface area contributed by atoms with Gasteiger partial charge in [-0.1, -0.05) is 18.2 Å². The molecule has 0 unspecified atom stereocenters. The van der Waals surface area contributed by atoms with E-state index < -0.39 is 49.9 Å². The predicted octanol–water partition coefficient (Wildman–Crippen LogP) is 3.78. The fourth-order valence-corrected chi connectivity index (χ4v) is 6.11. The first-order chi connectivity index (χ1) is 20.1. The third-order valence-corrected chi connectivity index (χ3v) is 8.59. The second kappa shape index (κ2) is 13.6. The number of carboxylic acid groups (broad SMARTS) is 1. The van der Waals surface area contributed by atoms with Gasteiger partial charge in [-0.25, -0.2) is 27.2 Å². The van der Waals surface area contributed by atoms with Crippen LogP contribution in [-0.2, 0) is 27.4 Å². The van der Waals surface area contributed by atoms with E-state index in [1.165, 1.54) is 18.3 Å². The van der Waals surface area contributed by atoms with Crippen LogP contribution in [0.1, 0.15) is 24.0 Å². The molecule has 2 heterocycles. The summed E-state index contributed by atoms with van der Waals surface area (Å²) in [6.07, 6.45) is -2.37. The highest BCUT2D eigenvalue weighted by Gasteiger charge is 2.45. The summed E-state index contributed by atoms with van der Waals surface area (Å²) in [5.41, 5.74) is -1.25. The standard InChI is InChI=1S/C26H28F5N5O3S.CH2O2/c1-35(2)25(9-6-17-4-3-5-18(12-17)26(29,30)31)15-36(11-8-22(25)37)19-13-20(27)24(21(28)14-19)40(38,39)34-23-7-10-32-16-33-23;2-1-3/h3-5,7,10,12-14,16,22,37H,6,8-9,11,15H2,1-2H3,(H,32,33,34);1H,(H,2,3)/t22-,25-;/m0./s1. The zero-order chi connectivity index (χ0) is 32.0. The van der Waals surface area contributed by atoms with Crippen molar-refractivity contribution in [2.75, 3.05) is 36.8 Å². The van der Waals surface area contributed by atoms with Gasteiger partial charge in [0.25, 0.3) is 16.5 Å². The maximum absolute atomic E-state index is 15.1. The normalized spacial score (nSPS) is 19.0. The summed E-state index contributed by atoms with van der Waals surface area (Å²) in [7, 11) is -1.22. The summed E-state index contributed by atoms with van der Waals surface area (Å²) in [5, 5.41) is 17.9. The van der Waals surface area contributed by atoms with E-state index in [1.807, 2.05) is 4.72 Å². The van der Waals surface area contributed by atoms with Crippen LogP contribution in [0.3, 0.4) is 0 Å². The lowest BCUT2D eigenvalue weighted by Gasteiger charge is -2.51. The number of aliphatic hydroxyl groups excluding tert-OH is 1. The van der Waals surface area contributed by atoms with E-state index in [2.05, 4.69) is 9.97 Å². The lowest BCUT2D eigenvalue weighted by Crippen LogP contribution is -2.64. The largest absolute Gasteiger partial charge is 0.483 e. The van der Waals surface area contributed by atoms with Crippen LogP contribution >= 0.6 is 0 Å². The number of anilines is 2. The molecule has 0 amide bonds. The summed E-state index contributed by atoms with van der Waals surface area (Å²) in [6, 6.07) is 7.98. The van der Waals surface area contributed by atoms with Crippen LogP contribution in [-0.4, -0.2) is 78.8 Å². The SMILES string of the molecule is CN(C)[C@@]1(CCc2cccc(C(F)(F)F)c2)CN(c2cc(F)c(S(=O)(=O)Nc3ccncn3)c(F)c2)CC[C@@H]1O.O=CO. The fraction of sp³-hybridized carbons (Fsp3) is 0.370. The number of nitrogens with one attached hydrogen (secondary N) is 1. The molecule has 43 heavy (non-hydrogen) atoms. The molecule has 4 rings (SSSR count). The van der Waals surface area contributed by atoms with Crippen molar-refractivity contribution in [3.8, 4) is 0 Å². The van der Waals surface area contributed by atoms with Crippen molar-refractivity contribution in [1.29, 1.82) is 0 Å². The summed E-state index contributed by atoms with van der Waals surface area (Å²) < 4.78 is 97.2. The molecule has 0 aliphatic carbocycles. The minimum Gasteiger partial charge on any atom is -0.483 e. The number of piperidine rings is 1. The van der Waals surface area contributed by atoms with Gasteiger partial charge in [0.05, 0.1) is 17.2 Å². The van der Waals surface area contributed by atoms with Gasteiger partial charge in [-0.3, -0.25) is 14.4 Å². The quantitative estimate of drug-likeness (QED) is 0.251. The third-order valence-electron chi connectivity index (χ3n) is 7.19. The van der Waals surface area contributed by atoms with Gasteiger partial charge in [-0.05, 0) is 63.2 Å². The molecule has 10 nitrogen and oxygen atoms in total. The molecule has 1 aromatic heterocycles. The summed E-state index contributed by atoms with van der Waals surface area (Å²) in [4.78, 5) is 17.9. The van der Waals surface area contributed by atoms with Crippen LogP contribution in [0.15, 0.2) is 59.9 Å². The molecule has 1 fully saturated rings. The smallest absolute Gasteiger partial charge is 0.416 e. The lowest BCUT2D eigenvalue weighted by atomic mass is 9.79.